The molecule has 0 saturated heterocycles. The minimum absolute atomic E-state index is 0.941. The van der Waals surface area contributed by atoms with Crippen LogP contribution < -0.4 is 0 Å². The van der Waals surface area contributed by atoms with Crippen molar-refractivity contribution in [1.82, 2.24) is 19.7 Å². The van der Waals surface area contributed by atoms with E-state index < -0.39 is 0 Å². The smallest absolute Gasteiger partial charge is 0.0896 e. The Morgan fingerprint density at radius 1 is 1.00 bits per heavy atom. The first kappa shape index (κ1) is 12.2. The van der Waals surface area contributed by atoms with Crippen LogP contribution in [-0.4, -0.2) is 19.7 Å². The number of rotatable bonds is 2. The number of nitrogens with zero attached hydrogens (tertiary/aromatic N) is 4. The van der Waals surface area contributed by atoms with Crippen LogP contribution in [0.2, 0.25) is 0 Å². The summed E-state index contributed by atoms with van der Waals surface area (Å²) in [5, 5.41) is 6.37. The Kier molecular flexibility index (Phi) is 2.79. The van der Waals surface area contributed by atoms with Crippen LogP contribution in [-0.2, 0) is 7.05 Å². The van der Waals surface area contributed by atoms with Crippen molar-refractivity contribution in [3.63, 3.8) is 0 Å². The molecular weight excluding hydrogens is 280 g/mol. The van der Waals surface area contributed by atoms with E-state index in [2.05, 4.69) is 21.5 Å². The molecular formula is C16H12N4S. The van der Waals surface area contributed by atoms with Gasteiger partial charge in [-0.05, 0) is 35.9 Å². The molecule has 4 rings (SSSR count). The molecule has 0 aliphatic rings. The lowest BCUT2D eigenvalue weighted by molar-refractivity contribution is 0.774. The van der Waals surface area contributed by atoms with Crippen molar-refractivity contribution in [3.05, 3.63) is 54.3 Å². The van der Waals surface area contributed by atoms with Crippen molar-refractivity contribution < 1.29 is 0 Å². The molecule has 0 fully saturated rings. The molecule has 0 aliphatic heterocycles. The number of pyridine rings is 2. The second-order valence-corrected chi connectivity index (χ2v) is 5.68. The molecule has 0 spiro atoms. The first-order valence-corrected chi connectivity index (χ1v) is 7.48. The van der Waals surface area contributed by atoms with Gasteiger partial charge in [-0.2, -0.15) is 5.10 Å². The molecule has 0 saturated carbocycles. The van der Waals surface area contributed by atoms with Gasteiger partial charge in [0.05, 0.1) is 21.6 Å². The monoisotopic (exact) mass is 292 g/mol. The average molecular weight is 292 g/mol. The molecule has 0 N–H and O–H groups in total. The van der Waals surface area contributed by atoms with Gasteiger partial charge >= 0.3 is 0 Å². The van der Waals surface area contributed by atoms with Crippen molar-refractivity contribution in [2.24, 2.45) is 7.05 Å². The van der Waals surface area contributed by atoms with Crippen LogP contribution in [0.5, 0.6) is 0 Å². The summed E-state index contributed by atoms with van der Waals surface area (Å²) < 4.78 is 3.03. The largest absolute Gasteiger partial charge is 0.266 e. The molecule has 0 unspecified atom stereocenters. The standard InChI is InChI=1S/C16H12N4S/c1-20-14(6-9-18-20)13-2-3-15-16(19-13)12(10-21-15)11-4-7-17-8-5-11/h2-10H,1H3. The molecule has 4 aromatic rings. The Labute approximate surface area is 125 Å². The summed E-state index contributed by atoms with van der Waals surface area (Å²) in [5.74, 6) is 0. The Morgan fingerprint density at radius 2 is 1.86 bits per heavy atom. The summed E-state index contributed by atoms with van der Waals surface area (Å²) in [6.07, 6.45) is 5.41. The lowest BCUT2D eigenvalue weighted by atomic mass is 10.1. The predicted molar refractivity (Wildman–Crippen MR) is 85.1 cm³/mol. The summed E-state index contributed by atoms with van der Waals surface area (Å²) in [7, 11) is 1.93. The molecule has 0 radical (unpaired) electrons. The lowest BCUT2D eigenvalue weighted by Gasteiger charge is -2.03. The van der Waals surface area contributed by atoms with E-state index in [0.717, 1.165) is 28.0 Å². The maximum absolute atomic E-state index is 4.84. The van der Waals surface area contributed by atoms with Crippen LogP contribution in [0.3, 0.4) is 0 Å². The van der Waals surface area contributed by atoms with E-state index in [9.17, 15) is 0 Å². The fourth-order valence-corrected chi connectivity index (χ4v) is 3.32. The third-order valence-electron chi connectivity index (χ3n) is 3.49. The van der Waals surface area contributed by atoms with E-state index in [1.54, 1.807) is 17.5 Å². The molecule has 4 aromatic heterocycles. The van der Waals surface area contributed by atoms with Crippen molar-refractivity contribution in [2.75, 3.05) is 0 Å². The topological polar surface area (TPSA) is 43.6 Å². The maximum Gasteiger partial charge on any atom is 0.0896 e. The number of hydrogen-bond acceptors (Lipinski definition) is 4. The molecule has 0 bridgehead atoms. The summed E-state index contributed by atoms with van der Waals surface area (Å²) in [6, 6.07) is 10.2. The minimum Gasteiger partial charge on any atom is -0.266 e. The van der Waals surface area contributed by atoms with Gasteiger partial charge < -0.3 is 0 Å². The molecule has 21 heavy (non-hydrogen) atoms. The third kappa shape index (κ3) is 2.02. The van der Waals surface area contributed by atoms with Gasteiger partial charge in [-0.1, -0.05) is 0 Å². The number of fused-ring (bicyclic) bond motifs is 1. The Hall–Kier alpha value is -2.53. The minimum atomic E-state index is 0.941. The third-order valence-corrected chi connectivity index (χ3v) is 4.43. The fraction of sp³-hybridized carbons (Fsp3) is 0.0625. The summed E-state index contributed by atoms with van der Waals surface area (Å²) >= 11 is 1.71. The van der Waals surface area contributed by atoms with Gasteiger partial charge in [-0.25, -0.2) is 4.98 Å². The first-order chi connectivity index (χ1) is 10.3. The van der Waals surface area contributed by atoms with Crippen molar-refractivity contribution >= 4 is 21.6 Å². The zero-order valence-corrected chi connectivity index (χ0v) is 12.2. The van der Waals surface area contributed by atoms with Gasteiger partial charge in [0.25, 0.3) is 0 Å². The average Bonchev–Trinajstić information content (AvgIpc) is 3.13. The van der Waals surface area contributed by atoms with Crippen LogP contribution >= 0.6 is 11.3 Å². The summed E-state index contributed by atoms with van der Waals surface area (Å²) in [5.41, 5.74) is 5.29. The normalized spacial score (nSPS) is 11.1. The molecule has 0 aromatic carbocycles. The van der Waals surface area contributed by atoms with Crippen molar-refractivity contribution in [3.8, 4) is 22.5 Å². The fourth-order valence-electron chi connectivity index (χ4n) is 2.42. The van der Waals surface area contributed by atoms with Crippen LogP contribution in [0.15, 0.2) is 54.3 Å². The van der Waals surface area contributed by atoms with Gasteiger partial charge in [0.2, 0.25) is 0 Å². The highest BCUT2D eigenvalue weighted by Gasteiger charge is 2.11. The molecule has 0 aliphatic carbocycles. The molecule has 4 nitrogen and oxygen atoms in total. The van der Waals surface area contributed by atoms with Crippen LogP contribution in [0.25, 0.3) is 32.7 Å². The number of aryl methyl sites for hydroxylation is 1. The van der Waals surface area contributed by atoms with E-state index in [1.165, 1.54) is 4.70 Å². The Morgan fingerprint density at radius 3 is 2.62 bits per heavy atom. The van der Waals surface area contributed by atoms with Gasteiger partial charge in [-0.3, -0.25) is 9.67 Å². The quantitative estimate of drug-likeness (QED) is 0.565. The zero-order chi connectivity index (χ0) is 14.2. The lowest BCUT2D eigenvalue weighted by Crippen LogP contribution is -1.95. The first-order valence-electron chi connectivity index (χ1n) is 6.60. The maximum atomic E-state index is 4.84. The number of hydrogen-bond donors (Lipinski definition) is 0. The molecule has 0 amide bonds. The number of aromatic nitrogens is 4. The molecule has 5 heteroatoms. The van der Waals surface area contributed by atoms with Crippen LogP contribution in [0.4, 0.5) is 0 Å². The second kappa shape index (κ2) is 4.79. The van der Waals surface area contributed by atoms with Crippen LogP contribution in [0, 0.1) is 0 Å². The Balaban J connectivity index is 1.93. The molecule has 102 valence electrons. The highest BCUT2D eigenvalue weighted by Crippen LogP contribution is 2.33. The van der Waals surface area contributed by atoms with Gasteiger partial charge in [0, 0.05) is 36.6 Å². The Bertz CT molecular complexity index is 908. The van der Waals surface area contributed by atoms with Gasteiger partial charge in [0.15, 0.2) is 0 Å². The van der Waals surface area contributed by atoms with E-state index in [0.29, 0.717) is 0 Å². The SMILES string of the molecule is Cn1nccc1-c1ccc2scc(-c3ccncc3)c2n1. The second-order valence-electron chi connectivity index (χ2n) is 4.77. The van der Waals surface area contributed by atoms with E-state index in [4.69, 9.17) is 4.98 Å². The van der Waals surface area contributed by atoms with E-state index in [1.807, 2.05) is 48.4 Å². The summed E-state index contributed by atoms with van der Waals surface area (Å²) in [6.45, 7) is 0. The highest BCUT2D eigenvalue weighted by atomic mass is 32.1. The molecule has 4 heterocycles. The van der Waals surface area contributed by atoms with Crippen molar-refractivity contribution in [2.45, 2.75) is 0 Å². The highest BCUT2D eigenvalue weighted by molar-refractivity contribution is 7.17. The van der Waals surface area contributed by atoms with Crippen LogP contribution in [0.1, 0.15) is 0 Å². The molecule has 0 atom stereocenters. The van der Waals surface area contributed by atoms with Crippen molar-refractivity contribution in [1.29, 1.82) is 0 Å². The summed E-state index contributed by atoms with van der Waals surface area (Å²) in [4.78, 5) is 8.92. The van der Waals surface area contributed by atoms with Gasteiger partial charge in [-0.15, -0.1) is 11.3 Å². The van der Waals surface area contributed by atoms with Gasteiger partial charge in [0.1, 0.15) is 0 Å². The zero-order valence-electron chi connectivity index (χ0n) is 11.4. The number of thiophene rings is 1. The van der Waals surface area contributed by atoms with E-state index >= 15 is 0 Å². The predicted octanol–water partition coefficient (Wildman–Crippen LogP) is 3.76. The van der Waals surface area contributed by atoms with E-state index in [-0.39, 0.29) is 0 Å².